The number of benzene rings is 1. The highest BCUT2D eigenvalue weighted by atomic mass is 16.6. The summed E-state index contributed by atoms with van der Waals surface area (Å²) in [6.07, 6.45) is 0.384. The molecule has 2 heterocycles. The quantitative estimate of drug-likeness (QED) is 0.580. The zero-order valence-electron chi connectivity index (χ0n) is 12.3. The Morgan fingerprint density at radius 2 is 1.59 bits per heavy atom. The standard InChI is InChI=1S/C10H8O3.C6H8O3/c11-9-6-8(10(12)13-9)7-4-2-1-3-5-7;1-6(2)3-4(7)9-5(6)8/h1-5,8H,6H2;3H2,1-2H3. The van der Waals surface area contributed by atoms with Gasteiger partial charge in [-0.3, -0.25) is 19.2 Å². The van der Waals surface area contributed by atoms with E-state index in [1.54, 1.807) is 13.8 Å². The third-order valence-corrected chi connectivity index (χ3v) is 3.42. The molecule has 2 aliphatic heterocycles. The zero-order valence-corrected chi connectivity index (χ0v) is 12.3. The van der Waals surface area contributed by atoms with E-state index in [0.29, 0.717) is 0 Å². The van der Waals surface area contributed by atoms with E-state index < -0.39 is 35.2 Å². The molecule has 2 saturated heterocycles. The first-order valence-corrected chi connectivity index (χ1v) is 6.84. The normalized spacial score (nSPS) is 22.7. The van der Waals surface area contributed by atoms with Crippen molar-refractivity contribution in [3.8, 4) is 0 Å². The maximum Gasteiger partial charge on any atom is 0.321 e. The summed E-state index contributed by atoms with van der Waals surface area (Å²) in [5.74, 6) is -2.08. The second-order valence-electron chi connectivity index (χ2n) is 5.78. The molecule has 0 aromatic heterocycles. The molecule has 0 radical (unpaired) electrons. The molecule has 0 saturated carbocycles. The maximum atomic E-state index is 11.1. The molecule has 1 unspecified atom stereocenters. The van der Waals surface area contributed by atoms with Crippen molar-refractivity contribution in [1.82, 2.24) is 0 Å². The fraction of sp³-hybridized carbons (Fsp3) is 0.375. The van der Waals surface area contributed by atoms with Crippen molar-refractivity contribution in [2.24, 2.45) is 5.41 Å². The monoisotopic (exact) mass is 304 g/mol. The lowest BCUT2D eigenvalue weighted by atomic mass is 9.92. The third kappa shape index (κ3) is 3.58. The number of ether oxygens (including phenoxy) is 2. The van der Waals surface area contributed by atoms with Crippen LogP contribution in [0.5, 0.6) is 0 Å². The molecule has 2 fully saturated rings. The lowest BCUT2D eigenvalue weighted by molar-refractivity contribution is -0.155. The molecule has 6 heteroatoms. The van der Waals surface area contributed by atoms with E-state index >= 15 is 0 Å². The first kappa shape index (κ1) is 15.9. The highest BCUT2D eigenvalue weighted by molar-refractivity contribution is 5.98. The van der Waals surface area contributed by atoms with Gasteiger partial charge in [-0.15, -0.1) is 0 Å². The van der Waals surface area contributed by atoms with Crippen molar-refractivity contribution in [3.05, 3.63) is 35.9 Å². The molecule has 1 aromatic rings. The van der Waals surface area contributed by atoms with E-state index in [1.807, 2.05) is 30.3 Å². The summed E-state index contributed by atoms with van der Waals surface area (Å²) in [5, 5.41) is 0. The largest absolute Gasteiger partial charge is 0.393 e. The lowest BCUT2D eigenvalue weighted by Gasteiger charge is -2.06. The summed E-state index contributed by atoms with van der Waals surface area (Å²) in [6, 6.07) is 9.19. The van der Waals surface area contributed by atoms with Gasteiger partial charge in [0.05, 0.1) is 24.2 Å². The van der Waals surface area contributed by atoms with E-state index in [-0.39, 0.29) is 12.8 Å². The number of hydrogen-bond acceptors (Lipinski definition) is 6. The van der Waals surface area contributed by atoms with Gasteiger partial charge in [0.2, 0.25) is 0 Å². The molecule has 0 aliphatic carbocycles. The van der Waals surface area contributed by atoms with Crippen LogP contribution < -0.4 is 0 Å². The minimum absolute atomic E-state index is 0.169. The molecular weight excluding hydrogens is 288 g/mol. The topological polar surface area (TPSA) is 86.7 Å². The van der Waals surface area contributed by atoms with E-state index in [1.165, 1.54) is 0 Å². The van der Waals surface area contributed by atoms with E-state index in [2.05, 4.69) is 9.47 Å². The Bertz CT molecular complexity index is 617. The summed E-state index contributed by atoms with van der Waals surface area (Å²) in [5.41, 5.74) is 0.259. The molecule has 0 bridgehead atoms. The van der Waals surface area contributed by atoms with Crippen LogP contribution >= 0.6 is 0 Å². The highest BCUT2D eigenvalue weighted by Gasteiger charge is 2.40. The van der Waals surface area contributed by atoms with Crippen LogP contribution in [0.4, 0.5) is 0 Å². The van der Waals surface area contributed by atoms with Crippen LogP contribution in [0.15, 0.2) is 30.3 Å². The Hall–Kier alpha value is -2.50. The van der Waals surface area contributed by atoms with Gasteiger partial charge in [0.25, 0.3) is 0 Å². The fourth-order valence-electron chi connectivity index (χ4n) is 2.12. The average molecular weight is 304 g/mol. The van der Waals surface area contributed by atoms with Gasteiger partial charge in [-0.25, -0.2) is 0 Å². The van der Waals surface area contributed by atoms with Gasteiger partial charge >= 0.3 is 23.9 Å². The number of cyclic esters (lactones) is 4. The van der Waals surface area contributed by atoms with Gasteiger partial charge in [-0.1, -0.05) is 30.3 Å². The van der Waals surface area contributed by atoms with Gasteiger partial charge in [0.1, 0.15) is 0 Å². The van der Waals surface area contributed by atoms with Crippen molar-refractivity contribution in [2.75, 3.05) is 0 Å². The summed E-state index contributed by atoms with van der Waals surface area (Å²) in [6.45, 7) is 3.39. The third-order valence-electron chi connectivity index (χ3n) is 3.42. The van der Waals surface area contributed by atoms with Crippen LogP contribution in [0.1, 0.15) is 38.2 Å². The first-order chi connectivity index (χ1) is 10.3. The first-order valence-electron chi connectivity index (χ1n) is 6.84. The summed E-state index contributed by atoms with van der Waals surface area (Å²) >= 11 is 0. The van der Waals surface area contributed by atoms with Crippen molar-refractivity contribution in [2.45, 2.75) is 32.6 Å². The van der Waals surface area contributed by atoms with Crippen LogP contribution in [0, 0.1) is 5.41 Å². The maximum absolute atomic E-state index is 11.1. The molecule has 3 rings (SSSR count). The second-order valence-corrected chi connectivity index (χ2v) is 5.78. The van der Waals surface area contributed by atoms with Crippen molar-refractivity contribution >= 4 is 23.9 Å². The van der Waals surface area contributed by atoms with Gasteiger partial charge in [-0.05, 0) is 19.4 Å². The lowest BCUT2D eigenvalue weighted by Crippen LogP contribution is -2.16. The van der Waals surface area contributed by atoms with Gasteiger partial charge in [0, 0.05) is 0 Å². The highest BCUT2D eigenvalue weighted by Crippen LogP contribution is 2.28. The van der Waals surface area contributed by atoms with Gasteiger partial charge < -0.3 is 9.47 Å². The zero-order chi connectivity index (χ0) is 16.3. The molecule has 22 heavy (non-hydrogen) atoms. The molecule has 0 amide bonds. The predicted molar refractivity (Wildman–Crippen MR) is 74.4 cm³/mol. The van der Waals surface area contributed by atoms with Crippen LogP contribution in [-0.2, 0) is 28.7 Å². The predicted octanol–water partition coefficient (Wildman–Crippen LogP) is 1.73. The summed E-state index contributed by atoms with van der Waals surface area (Å²) in [4.78, 5) is 43.0. The molecule has 0 N–H and O–H groups in total. The molecule has 1 atom stereocenters. The number of rotatable bonds is 1. The van der Waals surface area contributed by atoms with Crippen LogP contribution in [0.2, 0.25) is 0 Å². The molecule has 6 nitrogen and oxygen atoms in total. The van der Waals surface area contributed by atoms with E-state index in [4.69, 9.17) is 0 Å². The average Bonchev–Trinajstić information content (AvgIpc) is 2.89. The Balaban J connectivity index is 0.000000172. The minimum atomic E-state index is -0.586. The Morgan fingerprint density at radius 3 is 1.95 bits per heavy atom. The number of hydrogen-bond donors (Lipinski definition) is 0. The van der Waals surface area contributed by atoms with Gasteiger partial charge in [-0.2, -0.15) is 0 Å². The molecule has 2 aliphatic rings. The molecule has 0 spiro atoms. The summed E-state index contributed by atoms with van der Waals surface area (Å²) in [7, 11) is 0. The second kappa shape index (κ2) is 6.09. The van der Waals surface area contributed by atoms with Crippen LogP contribution in [0.25, 0.3) is 0 Å². The number of carbonyl (C=O) groups is 4. The van der Waals surface area contributed by atoms with E-state index in [9.17, 15) is 19.2 Å². The van der Waals surface area contributed by atoms with Crippen molar-refractivity contribution < 1.29 is 28.7 Å². The SMILES string of the molecule is CC1(C)CC(=O)OC1=O.O=C1CC(c2ccccc2)C(=O)O1. The smallest absolute Gasteiger partial charge is 0.321 e. The van der Waals surface area contributed by atoms with Gasteiger partial charge in [0.15, 0.2) is 0 Å². The molecule has 1 aromatic carbocycles. The summed E-state index contributed by atoms with van der Waals surface area (Å²) < 4.78 is 8.75. The minimum Gasteiger partial charge on any atom is -0.393 e. The Labute approximate surface area is 127 Å². The van der Waals surface area contributed by atoms with Crippen molar-refractivity contribution in [3.63, 3.8) is 0 Å². The van der Waals surface area contributed by atoms with E-state index in [0.717, 1.165) is 5.56 Å². The molecule has 116 valence electrons. The van der Waals surface area contributed by atoms with Crippen molar-refractivity contribution in [1.29, 1.82) is 0 Å². The Kier molecular flexibility index (Phi) is 4.40. The van der Waals surface area contributed by atoms with Crippen LogP contribution in [0.3, 0.4) is 0 Å². The van der Waals surface area contributed by atoms with Crippen LogP contribution in [-0.4, -0.2) is 23.9 Å². The Morgan fingerprint density at radius 1 is 0.955 bits per heavy atom. The number of carbonyl (C=O) groups excluding carboxylic acids is 4. The fourth-order valence-corrected chi connectivity index (χ4v) is 2.12. The molecular formula is C16H16O6. The number of esters is 4.